The summed E-state index contributed by atoms with van der Waals surface area (Å²) >= 11 is 1.35. The van der Waals surface area contributed by atoms with Gasteiger partial charge in [0.25, 0.3) is 0 Å². The second-order valence-electron chi connectivity index (χ2n) is 6.79. The number of imidazole rings is 1. The Kier molecular flexibility index (Phi) is 6.10. The third-order valence-corrected chi connectivity index (χ3v) is 7.72. The number of aromatic nitrogens is 4. The van der Waals surface area contributed by atoms with Gasteiger partial charge in [-0.2, -0.15) is 9.57 Å². The number of hydrogen-bond donors (Lipinski definition) is 1. The van der Waals surface area contributed by atoms with Crippen LogP contribution in [0.3, 0.4) is 0 Å². The van der Waals surface area contributed by atoms with Crippen LogP contribution in [0.1, 0.15) is 18.3 Å². The van der Waals surface area contributed by atoms with E-state index in [1.807, 2.05) is 17.6 Å². The van der Waals surface area contributed by atoms with Gasteiger partial charge in [0.15, 0.2) is 5.16 Å². The van der Waals surface area contributed by atoms with Crippen molar-refractivity contribution < 1.29 is 13.2 Å². The molecule has 12 heteroatoms. The van der Waals surface area contributed by atoms with Gasteiger partial charge in [-0.25, -0.2) is 23.4 Å². The van der Waals surface area contributed by atoms with Crippen molar-refractivity contribution in [3.8, 4) is 6.07 Å². The molecule has 1 saturated heterocycles. The fraction of sp³-hybridized carbons (Fsp3) is 0.368. The van der Waals surface area contributed by atoms with E-state index in [0.29, 0.717) is 49.3 Å². The smallest absolute Gasteiger partial charge is 0.243 e. The predicted molar refractivity (Wildman–Crippen MR) is 116 cm³/mol. The van der Waals surface area contributed by atoms with Crippen molar-refractivity contribution >= 4 is 38.6 Å². The van der Waals surface area contributed by atoms with Gasteiger partial charge >= 0.3 is 0 Å². The summed E-state index contributed by atoms with van der Waals surface area (Å²) in [5.74, 6) is 1.39. The summed E-state index contributed by atoms with van der Waals surface area (Å²) < 4.78 is 34.7. The Morgan fingerprint density at radius 2 is 2.06 bits per heavy atom. The summed E-state index contributed by atoms with van der Waals surface area (Å²) in [7, 11) is -3.59. The van der Waals surface area contributed by atoms with Crippen molar-refractivity contribution in [3.63, 3.8) is 0 Å². The van der Waals surface area contributed by atoms with E-state index in [0.717, 1.165) is 11.3 Å². The zero-order valence-corrected chi connectivity index (χ0v) is 18.5. The van der Waals surface area contributed by atoms with E-state index in [2.05, 4.69) is 15.0 Å². The largest absolute Gasteiger partial charge is 0.382 e. The molecule has 1 aliphatic heterocycles. The maximum absolute atomic E-state index is 13.0. The van der Waals surface area contributed by atoms with Crippen LogP contribution in [-0.4, -0.2) is 58.5 Å². The van der Waals surface area contributed by atoms with Crippen LogP contribution in [0.25, 0.3) is 11.0 Å². The van der Waals surface area contributed by atoms with E-state index < -0.39 is 10.0 Å². The lowest BCUT2D eigenvalue weighted by Gasteiger charge is -2.26. The lowest BCUT2D eigenvalue weighted by atomic mass is 10.3. The van der Waals surface area contributed by atoms with E-state index in [1.165, 1.54) is 22.3 Å². The molecule has 0 aliphatic carbocycles. The maximum atomic E-state index is 13.0. The van der Waals surface area contributed by atoms with Crippen LogP contribution in [0.5, 0.6) is 0 Å². The molecule has 1 aliphatic rings. The summed E-state index contributed by atoms with van der Waals surface area (Å²) in [6.07, 6.45) is 1.40. The van der Waals surface area contributed by atoms with Crippen LogP contribution in [0, 0.1) is 11.3 Å². The molecule has 0 amide bonds. The molecule has 3 heterocycles. The highest BCUT2D eigenvalue weighted by Crippen LogP contribution is 2.27. The Morgan fingerprint density at radius 1 is 1.29 bits per heavy atom. The Morgan fingerprint density at radius 3 is 2.74 bits per heavy atom. The van der Waals surface area contributed by atoms with Gasteiger partial charge in [-0.3, -0.25) is 0 Å². The fourth-order valence-corrected chi connectivity index (χ4v) is 5.58. The zero-order valence-electron chi connectivity index (χ0n) is 16.9. The number of nitrogen functional groups attached to an aromatic ring is 1. The molecule has 31 heavy (non-hydrogen) atoms. The molecule has 162 valence electrons. The lowest BCUT2D eigenvalue weighted by Crippen LogP contribution is -2.40. The van der Waals surface area contributed by atoms with Gasteiger partial charge in [0.1, 0.15) is 23.3 Å². The van der Waals surface area contributed by atoms with Gasteiger partial charge < -0.3 is 15.0 Å². The number of nitrogens with two attached hydrogens (primary N) is 1. The van der Waals surface area contributed by atoms with Gasteiger partial charge in [-0.1, -0.05) is 11.8 Å². The molecule has 0 radical (unpaired) electrons. The van der Waals surface area contributed by atoms with E-state index in [9.17, 15) is 8.42 Å². The van der Waals surface area contributed by atoms with Crippen molar-refractivity contribution in [2.75, 3.05) is 32.0 Å². The standard InChI is InChI=1S/C19H21N7O3S2/c1-2-26-16-4-3-14(31(27,28)25-5-7-29-8-6-25)9-15(16)23-17(26)12-30-19-22-11-13(10-20)18(21)24-19/h3-4,9,11H,2,5-8,12H2,1H3,(H2,21,22,24). The number of rotatable bonds is 6. The monoisotopic (exact) mass is 459 g/mol. The number of morpholine rings is 1. The number of nitrogens with zero attached hydrogens (tertiary/aromatic N) is 6. The quantitative estimate of drug-likeness (QED) is 0.430. The van der Waals surface area contributed by atoms with Gasteiger partial charge in [0.05, 0.1) is 41.1 Å². The van der Waals surface area contributed by atoms with Gasteiger partial charge in [0.2, 0.25) is 10.0 Å². The topological polar surface area (TPSA) is 140 Å². The first-order chi connectivity index (χ1) is 14.9. The maximum Gasteiger partial charge on any atom is 0.243 e. The summed E-state index contributed by atoms with van der Waals surface area (Å²) in [6.45, 7) is 4.17. The molecule has 4 rings (SSSR count). The van der Waals surface area contributed by atoms with Crippen LogP contribution < -0.4 is 5.73 Å². The summed E-state index contributed by atoms with van der Waals surface area (Å²) in [5.41, 5.74) is 7.47. The lowest BCUT2D eigenvalue weighted by molar-refractivity contribution is 0.0730. The van der Waals surface area contributed by atoms with E-state index in [4.69, 9.17) is 15.7 Å². The number of fused-ring (bicyclic) bond motifs is 1. The molecule has 3 aromatic rings. The van der Waals surface area contributed by atoms with E-state index >= 15 is 0 Å². The van der Waals surface area contributed by atoms with Crippen LogP contribution in [-0.2, 0) is 27.1 Å². The molecule has 0 unspecified atom stereocenters. The van der Waals surface area contributed by atoms with E-state index in [1.54, 1.807) is 18.2 Å². The van der Waals surface area contributed by atoms with Crippen LogP contribution in [0.2, 0.25) is 0 Å². The average Bonchev–Trinajstić information content (AvgIpc) is 3.15. The zero-order chi connectivity index (χ0) is 22.0. The van der Waals surface area contributed by atoms with Crippen molar-refractivity contribution in [3.05, 3.63) is 35.8 Å². The second-order valence-corrected chi connectivity index (χ2v) is 9.67. The number of hydrogen-bond acceptors (Lipinski definition) is 9. The third kappa shape index (κ3) is 4.22. The molecule has 2 aromatic heterocycles. The SMILES string of the molecule is CCn1c(CSc2ncc(C#N)c(N)n2)nc2cc(S(=O)(=O)N3CCOCC3)ccc21. The Bertz CT molecular complexity index is 1260. The minimum absolute atomic E-state index is 0.141. The molecule has 0 spiro atoms. The summed E-state index contributed by atoms with van der Waals surface area (Å²) in [5, 5.41) is 9.39. The van der Waals surface area contributed by atoms with Crippen molar-refractivity contribution in [1.82, 2.24) is 23.8 Å². The summed E-state index contributed by atoms with van der Waals surface area (Å²) in [6, 6.07) is 6.98. The first-order valence-electron chi connectivity index (χ1n) is 9.66. The second kappa shape index (κ2) is 8.80. The minimum Gasteiger partial charge on any atom is -0.382 e. The van der Waals surface area contributed by atoms with Crippen molar-refractivity contribution in [2.24, 2.45) is 0 Å². The first kappa shape index (κ1) is 21.5. The summed E-state index contributed by atoms with van der Waals surface area (Å²) in [4.78, 5) is 13.2. The molecule has 10 nitrogen and oxygen atoms in total. The van der Waals surface area contributed by atoms with Crippen LogP contribution in [0.4, 0.5) is 5.82 Å². The van der Waals surface area contributed by atoms with Crippen molar-refractivity contribution in [1.29, 1.82) is 5.26 Å². The molecular weight excluding hydrogens is 438 g/mol. The van der Waals surface area contributed by atoms with Gasteiger partial charge in [-0.05, 0) is 25.1 Å². The number of thioether (sulfide) groups is 1. The Balaban J connectivity index is 1.61. The number of anilines is 1. The van der Waals surface area contributed by atoms with Crippen molar-refractivity contribution in [2.45, 2.75) is 29.3 Å². The predicted octanol–water partition coefficient (Wildman–Crippen LogP) is 1.61. The van der Waals surface area contributed by atoms with Gasteiger partial charge in [-0.15, -0.1) is 0 Å². The number of ether oxygens (including phenoxy) is 1. The highest BCUT2D eigenvalue weighted by molar-refractivity contribution is 7.98. The minimum atomic E-state index is -3.59. The van der Waals surface area contributed by atoms with Gasteiger partial charge in [0, 0.05) is 19.6 Å². The molecule has 0 saturated carbocycles. The number of nitriles is 1. The van der Waals surface area contributed by atoms with E-state index in [-0.39, 0.29) is 16.3 Å². The number of sulfonamides is 1. The molecular formula is C19H21N7O3S2. The fourth-order valence-electron chi connectivity index (χ4n) is 3.38. The third-order valence-electron chi connectivity index (χ3n) is 4.97. The molecule has 1 fully saturated rings. The Labute approximate surface area is 184 Å². The van der Waals surface area contributed by atoms with Crippen LogP contribution >= 0.6 is 11.8 Å². The number of aryl methyl sites for hydroxylation is 1. The molecule has 1 aromatic carbocycles. The normalized spacial score (nSPS) is 15.2. The molecule has 0 atom stereocenters. The highest BCUT2D eigenvalue weighted by Gasteiger charge is 2.27. The number of benzene rings is 1. The van der Waals surface area contributed by atoms with Crippen LogP contribution in [0.15, 0.2) is 34.4 Å². The highest BCUT2D eigenvalue weighted by atomic mass is 32.2. The Hall–Kier alpha value is -2.72. The first-order valence-corrected chi connectivity index (χ1v) is 12.1. The molecule has 2 N–H and O–H groups in total. The molecule has 0 bridgehead atoms. The average molecular weight is 460 g/mol.